The highest BCUT2D eigenvalue weighted by Crippen LogP contribution is 2.38. The largest absolute Gasteiger partial charge is 0.431 e. The molecule has 22 heavy (non-hydrogen) atoms. The van der Waals surface area contributed by atoms with Crippen LogP contribution in [0.3, 0.4) is 0 Å². The third kappa shape index (κ3) is 1.67. The highest BCUT2D eigenvalue weighted by molar-refractivity contribution is 6.05. The third-order valence-corrected chi connectivity index (χ3v) is 4.17. The van der Waals surface area contributed by atoms with Gasteiger partial charge in [-0.05, 0) is 30.0 Å². The van der Waals surface area contributed by atoms with E-state index in [1.54, 1.807) is 24.3 Å². The summed E-state index contributed by atoms with van der Waals surface area (Å²) in [6, 6.07) is 15.7. The fraction of sp³-hybridized carbons (Fsp3) is 0.111. The van der Waals surface area contributed by atoms with Crippen LogP contribution < -0.4 is 0 Å². The molecule has 2 aromatic heterocycles. The quantitative estimate of drug-likeness (QED) is 0.399. The van der Waals surface area contributed by atoms with Gasteiger partial charge < -0.3 is 4.40 Å². The molecule has 0 spiro atoms. The lowest BCUT2D eigenvalue weighted by Crippen LogP contribution is -2.11. The van der Waals surface area contributed by atoms with Crippen LogP contribution in [-0.4, -0.2) is 4.40 Å². The van der Waals surface area contributed by atoms with E-state index in [1.807, 2.05) is 31.2 Å². The molecule has 0 aliphatic carbocycles. The van der Waals surface area contributed by atoms with Crippen molar-refractivity contribution in [3.63, 3.8) is 0 Å². The number of nitrogens with zero attached hydrogens (tertiary/aromatic N) is 1. The number of benzene rings is 2. The minimum Gasteiger partial charge on any atom is -0.304 e. The van der Waals surface area contributed by atoms with Gasteiger partial charge in [0.15, 0.2) is 0 Å². The highest BCUT2D eigenvalue weighted by Gasteiger charge is 2.35. The first kappa shape index (κ1) is 13.2. The zero-order valence-electron chi connectivity index (χ0n) is 11.8. The van der Waals surface area contributed by atoms with Crippen molar-refractivity contribution in [3.05, 3.63) is 65.9 Å². The molecule has 4 rings (SSSR count). The standard InChI is InChI=1S/C18H12F3N/c1-11-13-7-4-5-9-15(13)22-16(18(19,20)21)10-12-6-2-3-8-14(12)17(11)22/h2-10H,1H3. The molecule has 1 nitrogen and oxygen atoms in total. The Balaban J connectivity index is 2.39. The topological polar surface area (TPSA) is 4.41 Å². The van der Waals surface area contributed by atoms with E-state index >= 15 is 0 Å². The summed E-state index contributed by atoms with van der Waals surface area (Å²) in [6.07, 6.45) is -4.41. The number of hydrogen-bond acceptors (Lipinski definition) is 0. The average Bonchev–Trinajstić information content (AvgIpc) is 2.80. The summed E-state index contributed by atoms with van der Waals surface area (Å²) in [5.74, 6) is 0. The van der Waals surface area contributed by atoms with Gasteiger partial charge in [0.2, 0.25) is 0 Å². The second-order valence-corrected chi connectivity index (χ2v) is 5.44. The zero-order chi connectivity index (χ0) is 15.5. The Bertz CT molecular complexity index is 1030. The van der Waals surface area contributed by atoms with Crippen LogP contribution in [0.5, 0.6) is 0 Å². The fourth-order valence-corrected chi connectivity index (χ4v) is 3.23. The van der Waals surface area contributed by atoms with E-state index in [2.05, 4.69) is 0 Å². The Morgan fingerprint density at radius 2 is 1.50 bits per heavy atom. The van der Waals surface area contributed by atoms with Gasteiger partial charge in [-0.25, -0.2) is 0 Å². The summed E-state index contributed by atoms with van der Waals surface area (Å²) in [5.41, 5.74) is 1.46. The smallest absolute Gasteiger partial charge is 0.304 e. The molecule has 2 heterocycles. The Kier molecular flexibility index (Phi) is 2.55. The van der Waals surface area contributed by atoms with Crippen molar-refractivity contribution in [2.24, 2.45) is 0 Å². The minimum atomic E-state index is -4.41. The van der Waals surface area contributed by atoms with Crippen LogP contribution in [0.4, 0.5) is 13.2 Å². The van der Waals surface area contributed by atoms with Crippen molar-refractivity contribution in [1.82, 2.24) is 4.40 Å². The van der Waals surface area contributed by atoms with Crippen molar-refractivity contribution in [3.8, 4) is 0 Å². The lowest BCUT2D eigenvalue weighted by atomic mass is 10.1. The predicted octanol–water partition coefficient (Wildman–Crippen LogP) is 5.57. The van der Waals surface area contributed by atoms with E-state index in [0.717, 1.165) is 16.3 Å². The van der Waals surface area contributed by atoms with Gasteiger partial charge in [-0.1, -0.05) is 42.5 Å². The SMILES string of the molecule is Cc1c2ccccc2n2c(C(F)(F)F)cc3ccccc3c12. The molecule has 0 amide bonds. The molecule has 0 radical (unpaired) electrons. The average molecular weight is 299 g/mol. The van der Waals surface area contributed by atoms with Crippen LogP contribution >= 0.6 is 0 Å². The first-order chi connectivity index (χ1) is 10.5. The number of rotatable bonds is 0. The van der Waals surface area contributed by atoms with E-state index in [9.17, 15) is 13.2 Å². The van der Waals surface area contributed by atoms with E-state index in [1.165, 1.54) is 10.5 Å². The molecule has 0 N–H and O–H groups in total. The van der Waals surface area contributed by atoms with E-state index < -0.39 is 11.9 Å². The lowest BCUT2D eigenvalue weighted by Gasteiger charge is -2.13. The molecule has 4 heteroatoms. The maximum absolute atomic E-state index is 13.6. The monoisotopic (exact) mass is 299 g/mol. The minimum absolute atomic E-state index is 0.591. The maximum Gasteiger partial charge on any atom is 0.431 e. The summed E-state index contributed by atoms with van der Waals surface area (Å²) in [7, 11) is 0. The number of para-hydroxylation sites is 1. The Labute approximate surface area is 124 Å². The van der Waals surface area contributed by atoms with Crippen molar-refractivity contribution < 1.29 is 13.2 Å². The van der Waals surface area contributed by atoms with Gasteiger partial charge in [-0.15, -0.1) is 0 Å². The molecule has 0 aliphatic heterocycles. The number of aromatic nitrogens is 1. The number of pyridine rings is 1. The number of halogens is 3. The number of fused-ring (bicyclic) bond motifs is 5. The molecular weight excluding hydrogens is 287 g/mol. The fourth-order valence-electron chi connectivity index (χ4n) is 3.23. The van der Waals surface area contributed by atoms with Gasteiger partial charge in [-0.3, -0.25) is 0 Å². The second-order valence-electron chi connectivity index (χ2n) is 5.44. The lowest BCUT2D eigenvalue weighted by molar-refractivity contribution is -0.141. The van der Waals surface area contributed by atoms with Crippen LogP contribution in [0.15, 0.2) is 54.6 Å². The van der Waals surface area contributed by atoms with Crippen molar-refractivity contribution >= 4 is 27.2 Å². The van der Waals surface area contributed by atoms with Gasteiger partial charge in [0.05, 0.1) is 11.0 Å². The van der Waals surface area contributed by atoms with Crippen LogP contribution in [-0.2, 0) is 6.18 Å². The number of hydrogen-bond donors (Lipinski definition) is 0. The van der Waals surface area contributed by atoms with Crippen molar-refractivity contribution in [1.29, 1.82) is 0 Å². The van der Waals surface area contributed by atoms with Gasteiger partial charge in [0, 0.05) is 10.8 Å². The summed E-state index contributed by atoms with van der Waals surface area (Å²) in [6.45, 7) is 1.88. The van der Waals surface area contributed by atoms with Gasteiger partial charge in [-0.2, -0.15) is 13.2 Å². The van der Waals surface area contributed by atoms with Gasteiger partial charge >= 0.3 is 6.18 Å². The normalized spacial score (nSPS) is 12.5. The molecule has 0 aliphatic rings. The van der Waals surface area contributed by atoms with Crippen LogP contribution in [0.1, 0.15) is 11.3 Å². The van der Waals surface area contributed by atoms with E-state index in [-0.39, 0.29) is 0 Å². The summed E-state index contributed by atoms with van der Waals surface area (Å²) >= 11 is 0. The highest BCUT2D eigenvalue weighted by atomic mass is 19.4. The van der Waals surface area contributed by atoms with Gasteiger partial charge in [0.25, 0.3) is 0 Å². The Morgan fingerprint density at radius 1 is 0.864 bits per heavy atom. The van der Waals surface area contributed by atoms with Crippen LogP contribution in [0.25, 0.3) is 27.2 Å². The predicted molar refractivity (Wildman–Crippen MR) is 82.1 cm³/mol. The Morgan fingerprint density at radius 3 is 2.23 bits per heavy atom. The zero-order valence-corrected chi connectivity index (χ0v) is 11.8. The van der Waals surface area contributed by atoms with Crippen LogP contribution in [0.2, 0.25) is 0 Å². The summed E-state index contributed by atoms with van der Waals surface area (Å²) in [5, 5.41) is 2.29. The second kappa shape index (κ2) is 4.26. The number of alkyl halides is 3. The maximum atomic E-state index is 13.6. The molecule has 0 saturated heterocycles. The molecule has 0 saturated carbocycles. The summed E-state index contributed by atoms with van der Waals surface area (Å²) < 4.78 is 42.0. The van der Waals surface area contributed by atoms with Crippen molar-refractivity contribution in [2.75, 3.05) is 0 Å². The molecule has 110 valence electrons. The van der Waals surface area contributed by atoms with E-state index in [4.69, 9.17) is 0 Å². The molecule has 0 bridgehead atoms. The summed E-state index contributed by atoms with van der Waals surface area (Å²) in [4.78, 5) is 0. The first-order valence-electron chi connectivity index (χ1n) is 6.97. The molecule has 0 unspecified atom stereocenters. The van der Waals surface area contributed by atoms with Crippen molar-refractivity contribution in [2.45, 2.75) is 13.1 Å². The molecule has 0 fully saturated rings. The molecule has 0 atom stereocenters. The van der Waals surface area contributed by atoms with E-state index in [0.29, 0.717) is 16.4 Å². The molecule has 4 aromatic rings. The Hall–Kier alpha value is -2.49. The molecule has 2 aromatic carbocycles. The first-order valence-corrected chi connectivity index (χ1v) is 6.97. The molecular formula is C18H12F3N. The van der Waals surface area contributed by atoms with Crippen LogP contribution in [0, 0.1) is 6.92 Å². The third-order valence-electron chi connectivity index (χ3n) is 4.17. The number of aryl methyl sites for hydroxylation is 1. The van der Waals surface area contributed by atoms with Gasteiger partial charge in [0.1, 0.15) is 5.69 Å².